The second-order valence-electron chi connectivity index (χ2n) is 4.95. The van der Waals surface area contributed by atoms with Gasteiger partial charge in [-0.3, -0.25) is 9.59 Å². The Balaban J connectivity index is 2.19. The quantitative estimate of drug-likeness (QED) is 0.833. The van der Waals surface area contributed by atoms with E-state index in [-0.39, 0.29) is 25.3 Å². The molecule has 1 aromatic rings. The Hall–Kier alpha value is -2.11. The second-order valence-corrected chi connectivity index (χ2v) is 4.95. The Labute approximate surface area is 123 Å². The summed E-state index contributed by atoms with van der Waals surface area (Å²) in [7, 11) is 0. The van der Waals surface area contributed by atoms with Crippen LogP contribution in [0.2, 0.25) is 0 Å². The summed E-state index contributed by atoms with van der Waals surface area (Å²) in [6.45, 7) is 2.59. The van der Waals surface area contributed by atoms with Crippen molar-refractivity contribution in [2.24, 2.45) is 0 Å². The van der Waals surface area contributed by atoms with Crippen LogP contribution in [0.1, 0.15) is 18.9 Å². The molecular weight excluding hydrogens is 275 g/mol. The van der Waals surface area contributed by atoms with Crippen molar-refractivity contribution in [3.63, 3.8) is 0 Å². The van der Waals surface area contributed by atoms with E-state index in [0.717, 1.165) is 16.9 Å². The van der Waals surface area contributed by atoms with Crippen molar-refractivity contribution in [2.45, 2.75) is 19.8 Å². The number of alkyl halides is 1. The number of rotatable bonds is 7. The van der Waals surface area contributed by atoms with E-state index in [4.69, 9.17) is 5.11 Å². The van der Waals surface area contributed by atoms with E-state index in [1.807, 2.05) is 30.0 Å². The van der Waals surface area contributed by atoms with E-state index in [2.05, 4.69) is 0 Å². The zero-order valence-corrected chi connectivity index (χ0v) is 12.0. The number of carboxylic acids is 1. The van der Waals surface area contributed by atoms with Crippen molar-refractivity contribution in [1.29, 1.82) is 0 Å². The SMILES string of the molecule is CCN(CCC(=O)O)c1ccc2c(c1)CC(=O)N2CCF. The van der Waals surface area contributed by atoms with Crippen LogP contribution in [-0.2, 0) is 16.0 Å². The summed E-state index contributed by atoms with van der Waals surface area (Å²) >= 11 is 0. The van der Waals surface area contributed by atoms with Crippen molar-refractivity contribution in [2.75, 3.05) is 36.1 Å². The fourth-order valence-corrected chi connectivity index (χ4v) is 2.60. The molecule has 114 valence electrons. The van der Waals surface area contributed by atoms with E-state index in [9.17, 15) is 14.0 Å². The molecule has 5 nitrogen and oxygen atoms in total. The van der Waals surface area contributed by atoms with E-state index >= 15 is 0 Å². The van der Waals surface area contributed by atoms with E-state index in [1.165, 1.54) is 4.90 Å². The van der Waals surface area contributed by atoms with E-state index in [1.54, 1.807) is 0 Å². The van der Waals surface area contributed by atoms with Crippen molar-refractivity contribution in [1.82, 2.24) is 0 Å². The lowest BCUT2D eigenvalue weighted by molar-refractivity contribution is -0.136. The Morgan fingerprint density at radius 1 is 1.48 bits per heavy atom. The topological polar surface area (TPSA) is 60.9 Å². The number of carbonyl (C=O) groups is 2. The zero-order valence-electron chi connectivity index (χ0n) is 12.0. The molecule has 0 unspecified atom stereocenters. The number of nitrogens with zero attached hydrogens (tertiary/aromatic N) is 2. The number of benzene rings is 1. The summed E-state index contributed by atoms with van der Waals surface area (Å²) in [4.78, 5) is 26.0. The number of hydrogen-bond acceptors (Lipinski definition) is 3. The Morgan fingerprint density at radius 3 is 2.86 bits per heavy atom. The van der Waals surface area contributed by atoms with Crippen molar-refractivity contribution in [3.05, 3.63) is 23.8 Å². The molecule has 0 aliphatic carbocycles. The van der Waals surface area contributed by atoms with Gasteiger partial charge in [-0.1, -0.05) is 0 Å². The first kappa shape index (κ1) is 15.3. The van der Waals surface area contributed by atoms with Gasteiger partial charge in [0.2, 0.25) is 5.91 Å². The average molecular weight is 294 g/mol. The van der Waals surface area contributed by atoms with Crippen LogP contribution in [-0.4, -0.2) is 43.3 Å². The predicted molar refractivity (Wildman–Crippen MR) is 78.6 cm³/mol. The molecule has 0 aromatic heterocycles. The maximum atomic E-state index is 12.5. The lowest BCUT2D eigenvalue weighted by Crippen LogP contribution is -2.28. The van der Waals surface area contributed by atoms with Crippen LogP contribution >= 0.6 is 0 Å². The van der Waals surface area contributed by atoms with Crippen LogP contribution in [0.3, 0.4) is 0 Å². The van der Waals surface area contributed by atoms with Gasteiger partial charge < -0.3 is 14.9 Å². The highest BCUT2D eigenvalue weighted by molar-refractivity contribution is 6.01. The number of amides is 1. The highest BCUT2D eigenvalue weighted by atomic mass is 19.1. The number of anilines is 2. The fraction of sp³-hybridized carbons (Fsp3) is 0.467. The van der Waals surface area contributed by atoms with Gasteiger partial charge in [-0.25, -0.2) is 4.39 Å². The Bertz CT molecular complexity index is 548. The monoisotopic (exact) mass is 294 g/mol. The summed E-state index contributed by atoms with van der Waals surface area (Å²) < 4.78 is 12.5. The molecule has 0 saturated heterocycles. The largest absolute Gasteiger partial charge is 0.481 e. The second kappa shape index (κ2) is 6.56. The van der Waals surface area contributed by atoms with Crippen LogP contribution in [0, 0.1) is 0 Å². The number of fused-ring (bicyclic) bond motifs is 1. The molecule has 0 radical (unpaired) electrons. The molecular formula is C15H19FN2O3. The number of aliphatic carboxylic acids is 1. The maximum absolute atomic E-state index is 12.5. The maximum Gasteiger partial charge on any atom is 0.305 e. The molecule has 1 aliphatic rings. The van der Waals surface area contributed by atoms with Crippen LogP contribution < -0.4 is 9.80 Å². The summed E-state index contributed by atoms with van der Waals surface area (Å²) in [5, 5.41) is 8.77. The van der Waals surface area contributed by atoms with Crippen molar-refractivity contribution < 1.29 is 19.1 Å². The van der Waals surface area contributed by atoms with Gasteiger partial charge >= 0.3 is 5.97 Å². The predicted octanol–water partition coefficient (Wildman–Crippen LogP) is 1.85. The van der Waals surface area contributed by atoms with Crippen LogP contribution in [0.4, 0.5) is 15.8 Å². The van der Waals surface area contributed by atoms with Gasteiger partial charge in [0.25, 0.3) is 0 Å². The molecule has 1 aromatic carbocycles. The molecule has 0 bridgehead atoms. The molecule has 0 atom stereocenters. The minimum absolute atomic E-state index is 0.0673. The summed E-state index contributed by atoms with van der Waals surface area (Å²) in [5.74, 6) is -0.924. The Kier molecular flexibility index (Phi) is 4.77. The normalized spacial score (nSPS) is 13.4. The van der Waals surface area contributed by atoms with Crippen LogP contribution in [0.15, 0.2) is 18.2 Å². The number of halogens is 1. The highest BCUT2D eigenvalue weighted by Gasteiger charge is 2.27. The molecule has 1 amide bonds. The smallest absolute Gasteiger partial charge is 0.305 e. The van der Waals surface area contributed by atoms with Crippen molar-refractivity contribution >= 4 is 23.3 Å². The average Bonchev–Trinajstić information content (AvgIpc) is 2.75. The van der Waals surface area contributed by atoms with Gasteiger partial charge in [0, 0.05) is 24.5 Å². The van der Waals surface area contributed by atoms with Gasteiger partial charge in [0.15, 0.2) is 0 Å². The molecule has 0 fully saturated rings. The van der Waals surface area contributed by atoms with Gasteiger partial charge in [0.05, 0.1) is 19.4 Å². The molecule has 2 rings (SSSR count). The summed E-state index contributed by atoms with van der Waals surface area (Å²) in [5.41, 5.74) is 2.53. The van der Waals surface area contributed by atoms with Gasteiger partial charge in [0.1, 0.15) is 6.67 Å². The number of carboxylic acid groups (broad SMARTS) is 1. The van der Waals surface area contributed by atoms with Gasteiger partial charge in [-0.2, -0.15) is 0 Å². The first-order valence-corrected chi connectivity index (χ1v) is 7.02. The number of hydrogen-bond donors (Lipinski definition) is 1. The van der Waals surface area contributed by atoms with Gasteiger partial charge in [-0.15, -0.1) is 0 Å². The minimum atomic E-state index is -0.834. The molecule has 1 aliphatic heterocycles. The van der Waals surface area contributed by atoms with E-state index in [0.29, 0.717) is 13.1 Å². The first-order chi connectivity index (χ1) is 10.1. The fourth-order valence-electron chi connectivity index (χ4n) is 2.60. The molecule has 1 heterocycles. The molecule has 1 N–H and O–H groups in total. The Morgan fingerprint density at radius 2 is 2.24 bits per heavy atom. The third-order valence-electron chi connectivity index (χ3n) is 3.65. The number of carbonyl (C=O) groups excluding carboxylic acids is 1. The standard InChI is InChI=1S/C15H19FN2O3/c1-2-17(7-5-15(20)21)12-3-4-13-11(9-12)10-14(19)18(13)8-6-16/h3-4,9H,2,5-8,10H2,1H3,(H,20,21). The lowest BCUT2D eigenvalue weighted by atomic mass is 10.1. The van der Waals surface area contributed by atoms with Crippen LogP contribution in [0.5, 0.6) is 0 Å². The summed E-state index contributed by atoms with van der Waals surface area (Å²) in [6, 6.07) is 5.57. The minimum Gasteiger partial charge on any atom is -0.481 e. The summed E-state index contributed by atoms with van der Waals surface area (Å²) in [6.07, 6.45) is 0.345. The zero-order chi connectivity index (χ0) is 15.4. The van der Waals surface area contributed by atoms with E-state index < -0.39 is 12.6 Å². The lowest BCUT2D eigenvalue weighted by Gasteiger charge is -2.23. The molecule has 0 spiro atoms. The van der Waals surface area contributed by atoms with Crippen molar-refractivity contribution in [3.8, 4) is 0 Å². The van der Waals surface area contributed by atoms with Gasteiger partial charge in [-0.05, 0) is 30.7 Å². The molecule has 6 heteroatoms. The molecule has 21 heavy (non-hydrogen) atoms. The molecule has 0 saturated carbocycles. The third kappa shape index (κ3) is 3.32. The highest BCUT2D eigenvalue weighted by Crippen LogP contribution is 2.32. The van der Waals surface area contributed by atoms with Crippen LogP contribution in [0.25, 0.3) is 0 Å². The third-order valence-corrected chi connectivity index (χ3v) is 3.65. The first-order valence-electron chi connectivity index (χ1n) is 7.02.